The summed E-state index contributed by atoms with van der Waals surface area (Å²) in [5.74, 6) is 1.33. The van der Waals surface area contributed by atoms with E-state index in [1.165, 1.54) is 17.0 Å². The summed E-state index contributed by atoms with van der Waals surface area (Å²) >= 11 is 1.73. The van der Waals surface area contributed by atoms with Crippen LogP contribution in [0.25, 0.3) is 0 Å². The lowest BCUT2D eigenvalue weighted by molar-refractivity contribution is -0.384. The van der Waals surface area contributed by atoms with E-state index in [1.807, 2.05) is 24.3 Å². The van der Waals surface area contributed by atoms with Crippen LogP contribution in [0, 0.1) is 16.0 Å². The Bertz CT molecular complexity index is 924. The van der Waals surface area contributed by atoms with E-state index in [1.54, 1.807) is 24.9 Å². The maximum atomic E-state index is 12.4. The molecule has 0 bridgehead atoms. The molecule has 140 valence electrons. The Morgan fingerprint density at radius 2 is 1.96 bits per heavy atom. The first-order chi connectivity index (χ1) is 12.9. The van der Waals surface area contributed by atoms with Crippen LogP contribution in [0.5, 0.6) is 0 Å². The van der Waals surface area contributed by atoms with Crippen LogP contribution in [0.1, 0.15) is 25.0 Å². The second kappa shape index (κ2) is 7.92. The Morgan fingerprint density at radius 3 is 2.67 bits per heavy atom. The number of nitrogens with zero attached hydrogens (tertiary/aromatic N) is 3. The van der Waals surface area contributed by atoms with Gasteiger partial charge in [-0.25, -0.2) is 0 Å². The molecular formula is C20H21N3O3S. The minimum Gasteiger partial charge on any atom is -0.313 e. The standard InChI is InChI=1S/C20H21N3O3S/c1-13(2)12-27-18-7-5-4-6-15(18)20-16-10-14(23(25)26)8-9-17(16)22(3)19(24)11-21-20/h4-10,13H,11-12H2,1-3H3. The van der Waals surface area contributed by atoms with Crippen molar-refractivity contribution < 1.29 is 9.72 Å². The van der Waals surface area contributed by atoms with Gasteiger partial charge in [-0.15, -0.1) is 11.8 Å². The zero-order valence-electron chi connectivity index (χ0n) is 15.5. The normalized spacial score (nSPS) is 14.0. The maximum Gasteiger partial charge on any atom is 0.270 e. The van der Waals surface area contributed by atoms with Crippen LogP contribution >= 0.6 is 11.8 Å². The Labute approximate surface area is 162 Å². The van der Waals surface area contributed by atoms with E-state index in [9.17, 15) is 14.9 Å². The molecule has 2 aromatic rings. The monoisotopic (exact) mass is 383 g/mol. The average molecular weight is 383 g/mol. The van der Waals surface area contributed by atoms with Crippen LogP contribution in [0.3, 0.4) is 0 Å². The second-order valence-electron chi connectivity index (χ2n) is 6.78. The van der Waals surface area contributed by atoms with Crippen molar-refractivity contribution in [3.63, 3.8) is 0 Å². The largest absolute Gasteiger partial charge is 0.313 e. The fraction of sp³-hybridized carbons (Fsp3) is 0.300. The number of likely N-dealkylation sites (N-methyl/N-ethyl adjacent to an activating group) is 1. The molecule has 1 amide bonds. The lowest BCUT2D eigenvalue weighted by Gasteiger charge is -2.18. The summed E-state index contributed by atoms with van der Waals surface area (Å²) in [7, 11) is 1.67. The number of carbonyl (C=O) groups excluding carboxylic acids is 1. The zero-order valence-corrected chi connectivity index (χ0v) is 16.3. The number of aliphatic imine (C=N–C) groups is 1. The summed E-state index contributed by atoms with van der Waals surface area (Å²) < 4.78 is 0. The van der Waals surface area contributed by atoms with Crippen LogP contribution in [0.4, 0.5) is 11.4 Å². The fourth-order valence-corrected chi connectivity index (χ4v) is 3.87. The van der Waals surface area contributed by atoms with Crippen molar-refractivity contribution in [1.82, 2.24) is 0 Å². The predicted octanol–water partition coefficient (Wildman–Crippen LogP) is 4.16. The van der Waals surface area contributed by atoms with Gasteiger partial charge in [0.2, 0.25) is 5.91 Å². The van der Waals surface area contributed by atoms with Crippen molar-refractivity contribution in [2.75, 3.05) is 24.2 Å². The van der Waals surface area contributed by atoms with Crippen molar-refractivity contribution in [3.05, 3.63) is 63.7 Å². The molecule has 0 spiro atoms. The van der Waals surface area contributed by atoms with Gasteiger partial charge in [0, 0.05) is 41.0 Å². The summed E-state index contributed by atoms with van der Waals surface area (Å²) in [5, 5.41) is 11.3. The molecule has 0 radical (unpaired) electrons. The number of anilines is 1. The maximum absolute atomic E-state index is 12.4. The summed E-state index contributed by atoms with van der Waals surface area (Å²) in [6.07, 6.45) is 0. The number of amides is 1. The van der Waals surface area contributed by atoms with Crippen molar-refractivity contribution >= 4 is 34.8 Å². The number of nitro benzene ring substituents is 1. The number of hydrogen-bond donors (Lipinski definition) is 0. The van der Waals surface area contributed by atoms with Crippen molar-refractivity contribution in [2.45, 2.75) is 18.7 Å². The van der Waals surface area contributed by atoms with Gasteiger partial charge in [-0.05, 0) is 18.1 Å². The molecule has 0 atom stereocenters. The molecule has 0 aromatic heterocycles. The Balaban J connectivity index is 2.16. The number of thioether (sulfide) groups is 1. The van der Waals surface area contributed by atoms with Gasteiger partial charge in [0.15, 0.2) is 0 Å². The van der Waals surface area contributed by atoms with Crippen molar-refractivity contribution in [1.29, 1.82) is 0 Å². The quantitative estimate of drug-likeness (QED) is 0.441. The predicted molar refractivity (Wildman–Crippen MR) is 109 cm³/mol. The van der Waals surface area contributed by atoms with E-state index < -0.39 is 4.92 Å². The first-order valence-electron chi connectivity index (χ1n) is 8.70. The van der Waals surface area contributed by atoms with E-state index in [-0.39, 0.29) is 18.1 Å². The van der Waals surface area contributed by atoms with E-state index in [4.69, 9.17) is 0 Å². The number of hydrogen-bond acceptors (Lipinski definition) is 5. The summed E-state index contributed by atoms with van der Waals surface area (Å²) in [5.41, 5.74) is 2.74. The molecule has 27 heavy (non-hydrogen) atoms. The fourth-order valence-electron chi connectivity index (χ4n) is 2.87. The highest BCUT2D eigenvalue weighted by molar-refractivity contribution is 7.99. The molecule has 0 aliphatic carbocycles. The number of nitro groups is 1. The lowest BCUT2D eigenvalue weighted by Crippen LogP contribution is -2.27. The van der Waals surface area contributed by atoms with E-state index in [0.29, 0.717) is 22.9 Å². The third kappa shape index (κ3) is 4.03. The number of carbonyl (C=O) groups is 1. The molecule has 7 heteroatoms. The minimum atomic E-state index is -0.427. The molecule has 3 rings (SSSR count). The molecule has 0 N–H and O–H groups in total. The van der Waals surface area contributed by atoms with Crippen LogP contribution in [-0.4, -0.2) is 35.9 Å². The highest BCUT2D eigenvalue weighted by Crippen LogP contribution is 2.33. The SMILES string of the molecule is CC(C)CSc1ccccc1C1=NCC(=O)N(C)c2ccc([N+](=O)[O-])cc21. The molecule has 6 nitrogen and oxygen atoms in total. The Hall–Kier alpha value is -2.67. The zero-order chi connectivity index (χ0) is 19.6. The Kier molecular flexibility index (Phi) is 5.60. The highest BCUT2D eigenvalue weighted by Gasteiger charge is 2.26. The smallest absolute Gasteiger partial charge is 0.270 e. The summed E-state index contributed by atoms with van der Waals surface area (Å²) in [4.78, 5) is 30.3. The highest BCUT2D eigenvalue weighted by atomic mass is 32.2. The van der Waals surface area contributed by atoms with Crippen LogP contribution in [0.2, 0.25) is 0 Å². The first-order valence-corrected chi connectivity index (χ1v) is 9.69. The number of fused-ring (bicyclic) bond motifs is 1. The van der Waals surface area contributed by atoms with Gasteiger partial charge in [0.25, 0.3) is 5.69 Å². The van der Waals surface area contributed by atoms with Gasteiger partial charge in [0.05, 0.1) is 16.3 Å². The molecule has 2 aromatic carbocycles. The van der Waals surface area contributed by atoms with Crippen LogP contribution in [-0.2, 0) is 4.79 Å². The number of non-ortho nitro benzene ring substituents is 1. The summed E-state index contributed by atoms with van der Waals surface area (Å²) in [6, 6.07) is 12.4. The first kappa shape index (κ1) is 19.1. The van der Waals surface area contributed by atoms with E-state index in [0.717, 1.165) is 16.2 Å². The van der Waals surface area contributed by atoms with Gasteiger partial charge in [-0.3, -0.25) is 19.9 Å². The van der Waals surface area contributed by atoms with Crippen molar-refractivity contribution in [3.8, 4) is 0 Å². The van der Waals surface area contributed by atoms with Gasteiger partial charge in [-0.1, -0.05) is 32.0 Å². The van der Waals surface area contributed by atoms with Crippen LogP contribution in [0.15, 0.2) is 52.4 Å². The molecule has 0 saturated heterocycles. The molecule has 1 heterocycles. The van der Waals surface area contributed by atoms with E-state index in [2.05, 4.69) is 18.8 Å². The minimum absolute atomic E-state index is 0.0114. The van der Waals surface area contributed by atoms with Crippen LogP contribution < -0.4 is 4.90 Å². The lowest BCUT2D eigenvalue weighted by atomic mass is 9.99. The molecule has 0 unspecified atom stereocenters. The third-order valence-corrected chi connectivity index (χ3v) is 5.77. The molecule has 1 aliphatic rings. The number of benzodiazepines with no additional fused rings is 1. The number of benzene rings is 2. The van der Waals surface area contributed by atoms with Crippen molar-refractivity contribution in [2.24, 2.45) is 10.9 Å². The molecule has 0 saturated carbocycles. The average Bonchev–Trinajstić information content (AvgIpc) is 2.77. The third-order valence-electron chi connectivity index (χ3n) is 4.27. The van der Waals surface area contributed by atoms with Gasteiger partial charge in [-0.2, -0.15) is 0 Å². The second-order valence-corrected chi connectivity index (χ2v) is 7.84. The van der Waals surface area contributed by atoms with Gasteiger partial charge >= 0.3 is 0 Å². The molecule has 1 aliphatic heterocycles. The topological polar surface area (TPSA) is 75.8 Å². The Morgan fingerprint density at radius 1 is 1.22 bits per heavy atom. The van der Waals surface area contributed by atoms with Gasteiger partial charge in [0.1, 0.15) is 6.54 Å². The van der Waals surface area contributed by atoms with Gasteiger partial charge < -0.3 is 4.90 Å². The molecule has 0 fully saturated rings. The van der Waals surface area contributed by atoms with E-state index >= 15 is 0 Å². The number of rotatable bonds is 5. The molecular weight excluding hydrogens is 362 g/mol. The summed E-state index contributed by atoms with van der Waals surface area (Å²) in [6.45, 7) is 4.33.